The number of anilines is 1. The first kappa shape index (κ1) is 31.4. The van der Waals surface area contributed by atoms with E-state index in [0.717, 1.165) is 14.3 Å². The zero-order valence-corrected chi connectivity index (χ0v) is 26.0. The first-order chi connectivity index (χ1) is 18.9. The first-order valence-electron chi connectivity index (χ1n) is 12.8. The third kappa shape index (κ3) is 7.99. The Labute approximate surface area is 249 Å². The molecule has 0 aliphatic rings. The lowest BCUT2D eigenvalue weighted by Crippen LogP contribution is -2.52. The van der Waals surface area contributed by atoms with Crippen LogP contribution < -0.4 is 14.4 Å². The molecule has 0 radical (unpaired) electrons. The molecule has 11 heteroatoms. The molecule has 0 bridgehead atoms. The smallest absolute Gasteiger partial charge is 0.264 e. The topological polar surface area (TPSA) is 96.0 Å². The van der Waals surface area contributed by atoms with Crippen LogP contribution in [0.5, 0.6) is 5.75 Å². The average Bonchev–Trinajstić information content (AvgIpc) is 2.90. The number of rotatable bonds is 12. The second kappa shape index (κ2) is 14.0. The van der Waals surface area contributed by atoms with Gasteiger partial charge in [-0.05, 0) is 81.8 Å². The maximum Gasteiger partial charge on any atom is 0.264 e. The van der Waals surface area contributed by atoms with Crippen LogP contribution >= 0.6 is 27.5 Å². The molecule has 8 nitrogen and oxygen atoms in total. The van der Waals surface area contributed by atoms with Gasteiger partial charge >= 0.3 is 0 Å². The van der Waals surface area contributed by atoms with E-state index in [-0.39, 0.29) is 29.1 Å². The molecule has 3 rings (SSSR count). The van der Waals surface area contributed by atoms with Crippen LogP contribution in [-0.4, -0.2) is 50.4 Å². The van der Waals surface area contributed by atoms with E-state index in [2.05, 4.69) is 21.2 Å². The van der Waals surface area contributed by atoms with Gasteiger partial charge in [-0.25, -0.2) is 8.42 Å². The van der Waals surface area contributed by atoms with Crippen LogP contribution in [0.3, 0.4) is 0 Å². The van der Waals surface area contributed by atoms with E-state index in [1.54, 1.807) is 38.1 Å². The average molecular weight is 651 g/mol. The van der Waals surface area contributed by atoms with Crippen molar-refractivity contribution in [2.75, 3.05) is 17.5 Å². The number of benzene rings is 3. The molecule has 3 aromatic rings. The zero-order chi connectivity index (χ0) is 29.4. The lowest BCUT2D eigenvalue weighted by Gasteiger charge is -2.32. The number of nitrogens with zero attached hydrogens (tertiary/aromatic N) is 2. The normalized spacial score (nSPS) is 12.1. The molecule has 1 unspecified atom stereocenters. The summed E-state index contributed by atoms with van der Waals surface area (Å²) in [6, 6.07) is 18.7. The van der Waals surface area contributed by atoms with Gasteiger partial charge < -0.3 is 15.0 Å². The molecule has 0 saturated heterocycles. The number of amides is 2. The summed E-state index contributed by atoms with van der Waals surface area (Å²) in [5.41, 5.74) is 0.975. The minimum Gasteiger partial charge on any atom is -0.492 e. The van der Waals surface area contributed by atoms with Gasteiger partial charge in [0.1, 0.15) is 18.3 Å². The predicted molar refractivity (Wildman–Crippen MR) is 161 cm³/mol. The number of nitrogens with one attached hydrogen (secondary N) is 1. The van der Waals surface area contributed by atoms with Gasteiger partial charge in [-0.15, -0.1) is 0 Å². The highest BCUT2D eigenvalue weighted by molar-refractivity contribution is 9.10. The van der Waals surface area contributed by atoms with Crippen LogP contribution in [0.15, 0.2) is 82.2 Å². The van der Waals surface area contributed by atoms with Gasteiger partial charge in [-0.2, -0.15) is 0 Å². The van der Waals surface area contributed by atoms with Gasteiger partial charge in [0.2, 0.25) is 11.8 Å². The molecule has 0 aliphatic heterocycles. The van der Waals surface area contributed by atoms with E-state index in [0.29, 0.717) is 17.4 Å². The number of para-hydroxylation sites is 2. The quantitative estimate of drug-likeness (QED) is 0.274. The molecule has 1 atom stereocenters. The second-order valence-electron chi connectivity index (χ2n) is 9.36. The van der Waals surface area contributed by atoms with Crippen LogP contribution in [0.4, 0.5) is 5.69 Å². The van der Waals surface area contributed by atoms with Crippen molar-refractivity contribution in [1.82, 2.24) is 10.2 Å². The van der Waals surface area contributed by atoms with Crippen LogP contribution in [-0.2, 0) is 26.2 Å². The summed E-state index contributed by atoms with van der Waals surface area (Å²) in [5, 5.41) is 3.22. The largest absolute Gasteiger partial charge is 0.492 e. The van der Waals surface area contributed by atoms with Gasteiger partial charge in [0.15, 0.2) is 0 Å². The van der Waals surface area contributed by atoms with E-state index in [4.69, 9.17) is 16.3 Å². The summed E-state index contributed by atoms with van der Waals surface area (Å²) in [7, 11) is -4.25. The molecule has 0 heterocycles. The SMILES string of the molecule is CCOc1ccccc1N(CC(=O)N(Cc1cccc(Br)c1)C(C)C(=O)NC(C)C)S(=O)(=O)c1ccc(Cl)cc1. The molecule has 0 aromatic heterocycles. The standard InChI is InChI=1S/C29H33BrClN3O5S/c1-5-39-27-12-7-6-11-26(27)34(40(37,38)25-15-13-24(31)14-16-25)19-28(35)33(21(4)29(36)32-20(2)3)18-22-9-8-10-23(30)17-22/h6-17,20-21H,5,18-19H2,1-4H3,(H,32,36). The summed E-state index contributed by atoms with van der Waals surface area (Å²) >= 11 is 9.45. The number of ether oxygens (including phenoxy) is 1. The second-order valence-corrected chi connectivity index (χ2v) is 12.6. The van der Waals surface area contributed by atoms with Crippen molar-refractivity contribution >= 4 is 55.1 Å². The zero-order valence-electron chi connectivity index (χ0n) is 22.8. The molecule has 0 saturated carbocycles. The van der Waals surface area contributed by atoms with Crippen molar-refractivity contribution in [3.8, 4) is 5.75 Å². The van der Waals surface area contributed by atoms with Gasteiger partial charge in [-0.1, -0.05) is 51.8 Å². The lowest BCUT2D eigenvalue weighted by atomic mass is 10.1. The Hall–Kier alpha value is -3.08. The minimum absolute atomic E-state index is 0.0415. The highest BCUT2D eigenvalue weighted by Crippen LogP contribution is 2.33. The number of sulfonamides is 1. The summed E-state index contributed by atoms with van der Waals surface area (Å²) in [6.07, 6.45) is 0. The Morgan fingerprint density at radius 1 is 1.00 bits per heavy atom. The fourth-order valence-corrected chi connectivity index (χ4v) is 6.00. The van der Waals surface area contributed by atoms with Crippen molar-refractivity contribution < 1.29 is 22.7 Å². The summed E-state index contributed by atoms with van der Waals surface area (Å²) < 4.78 is 35.5. The van der Waals surface area contributed by atoms with Crippen LogP contribution in [0, 0.1) is 0 Å². The molecule has 214 valence electrons. The minimum atomic E-state index is -4.25. The molecule has 1 N–H and O–H groups in total. The maximum atomic E-state index is 14.0. The summed E-state index contributed by atoms with van der Waals surface area (Å²) in [6.45, 7) is 6.89. The van der Waals surface area contributed by atoms with Crippen molar-refractivity contribution in [3.05, 3.63) is 87.9 Å². The first-order valence-corrected chi connectivity index (χ1v) is 15.4. The third-order valence-electron chi connectivity index (χ3n) is 5.95. The highest BCUT2D eigenvalue weighted by atomic mass is 79.9. The molecule has 3 aromatic carbocycles. The number of carbonyl (C=O) groups excluding carboxylic acids is 2. The Balaban J connectivity index is 2.09. The molecule has 0 aliphatic carbocycles. The van der Waals surface area contributed by atoms with Crippen LogP contribution in [0.1, 0.15) is 33.3 Å². The maximum absolute atomic E-state index is 14.0. The number of hydrogen-bond donors (Lipinski definition) is 1. The molecule has 0 spiro atoms. The Morgan fingerprint density at radius 2 is 1.68 bits per heavy atom. The molecule has 2 amide bonds. The van der Waals surface area contributed by atoms with E-state index < -0.39 is 28.5 Å². The third-order valence-corrected chi connectivity index (χ3v) is 8.47. The molecular weight excluding hydrogens is 618 g/mol. The van der Waals surface area contributed by atoms with E-state index in [1.165, 1.54) is 29.2 Å². The van der Waals surface area contributed by atoms with Gasteiger partial charge in [0, 0.05) is 22.1 Å². The molecule has 0 fully saturated rings. The van der Waals surface area contributed by atoms with Gasteiger partial charge in [0.05, 0.1) is 17.2 Å². The van der Waals surface area contributed by atoms with Crippen LogP contribution in [0.25, 0.3) is 0 Å². The molecule has 40 heavy (non-hydrogen) atoms. The van der Waals surface area contributed by atoms with Crippen molar-refractivity contribution in [2.24, 2.45) is 0 Å². The van der Waals surface area contributed by atoms with Gasteiger partial charge in [-0.3, -0.25) is 13.9 Å². The number of hydrogen-bond acceptors (Lipinski definition) is 5. The molecular formula is C29H33BrClN3O5S. The van der Waals surface area contributed by atoms with Crippen molar-refractivity contribution in [3.63, 3.8) is 0 Å². The number of carbonyl (C=O) groups is 2. The fraction of sp³-hybridized carbons (Fsp3) is 0.310. The van der Waals surface area contributed by atoms with Crippen molar-refractivity contribution in [2.45, 2.75) is 51.2 Å². The Kier molecular flexibility index (Phi) is 11.0. The van der Waals surface area contributed by atoms with E-state index in [9.17, 15) is 18.0 Å². The Morgan fingerprint density at radius 3 is 2.30 bits per heavy atom. The van der Waals surface area contributed by atoms with Gasteiger partial charge in [0.25, 0.3) is 10.0 Å². The fourth-order valence-electron chi connectivity index (χ4n) is 4.01. The highest BCUT2D eigenvalue weighted by Gasteiger charge is 2.34. The lowest BCUT2D eigenvalue weighted by molar-refractivity contribution is -0.139. The summed E-state index contributed by atoms with van der Waals surface area (Å²) in [5.74, 6) is -0.602. The monoisotopic (exact) mass is 649 g/mol. The van der Waals surface area contributed by atoms with Crippen molar-refractivity contribution in [1.29, 1.82) is 0 Å². The summed E-state index contributed by atoms with van der Waals surface area (Å²) in [4.78, 5) is 28.4. The van der Waals surface area contributed by atoms with Crippen LogP contribution in [0.2, 0.25) is 5.02 Å². The number of halogens is 2. The van der Waals surface area contributed by atoms with E-state index >= 15 is 0 Å². The predicted octanol–water partition coefficient (Wildman–Crippen LogP) is 5.64. The Bertz CT molecular complexity index is 1430. The van der Waals surface area contributed by atoms with E-state index in [1.807, 2.05) is 38.1 Å².